The molecule has 5 nitrogen and oxygen atoms in total. The third kappa shape index (κ3) is 3.35. The minimum atomic E-state index is -0.688. The predicted octanol–water partition coefficient (Wildman–Crippen LogP) is 2.48. The van der Waals surface area contributed by atoms with Crippen molar-refractivity contribution in [2.24, 2.45) is 29.1 Å². The topological polar surface area (TPSA) is 72.5 Å². The molecule has 0 aliphatic heterocycles. The van der Waals surface area contributed by atoms with E-state index in [9.17, 15) is 14.4 Å². The van der Waals surface area contributed by atoms with Crippen LogP contribution >= 0.6 is 0 Å². The van der Waals surface area contributed by atoms with E-state index in [1.165, 1.54) is 26.2 Å². The van der Waals surface area contributed by atoms with Gasteiger partial charge in [0.1, 0.15) is 6.04 Å². The van der Waals surface area contributed by atoms with E-state index in [0.717, 1.165) is 19.3 Å². The summed E-state index contributed by atoms with van der Waals surface area (Å²) in [6.07, 6.45) is 6.79. The number of Topliss-reactive ketones (excluding diaryl/α,β-unsaturated/α-hetero) is 1. The van der Waals surface area contributed by atoms with Crippen LogP contribution in [0.3, 0.4) is 0 Å². The zero-order valence-corrected chi connectivity index (χ0v) is 15.0. The molecule has 5 heteroatoms. The maximum absolute atomic E-state index is 12.9. The van der Waals surface area contributed by atoms with Crippen LogP contribution in [0.15, 0.2) is 0 Å². The number of hydrogen-bond donors (Lipinski definition) is 1. The molecule has 0 radical (unpaired) electrons. The zero-order valence-electron chi connectivity index (χ0n) is 15.0. The molecule has 24 heavy (non-hydrogen) atoms. The van der Waals surface area contributed by atoms with Crippen LogP contribution in [0.25, 0.3) is 0 Å². The largest absolute Gasteiger partial charge is 0.456 e. The Morgan fingerprint density at radius 3 is 1.96 bits per heavy atom. The van der Waals surface area contributed by atoms with Gasteiger partial charge in [-0.05, 0) is 62.2 Å². The van der Waals surface area contributed by atoms with Crippen molar-refractivity contribution in [2.75, 3.05) is 6.61 Å². The zero-order chi connectivity index (χ0) is 17.5. The van der Waals surface area contributed by atoms with Crippen molar-refractivity contribution in [3.05, 3.63) is 0 Å². The summed E-state index contributed by atoms with van der Waals surface area (Å²) in [5.41, 5.74) is -0.240. The highest BCUT2D eigenvalue weighted by Gasteiger charge is 2.54. The van der Waals surface area contributed by atoms with E-state index in [-0.39, 0.29) is 29.6 Å². The quantitative estimate of drug-likeness (QED) is 0.757. The third-order valence-electron chi connectivity index (χ3n) is 6.25. The molecule has 0 heterocycles. The lowest BCUT2D eigenvalue weighted by atomic mass is 9.48. The molecule has 134 valence electrons. The fourth-order valence-corrected chi connectivity index (χ4v) is 5.55. The molecule has 4 aliphatic carbocycles. The molecule has 0 saturated heterocycles. The van der Waals surface area contributed by atoms with Gasteiger partial charge in [0.2, 0.25) is 5.91 Å². The lowest BCUT2D eigenvalue weighted by Gasteiger charge is -2.55. The van der Waals surface area contributed by atoms with E-state index < -0.39 is 12.0 Å². The summed E-state index contributed by atoms with van der Waals surface area (Å²) in [6, 6.07) is -0.688. The van der Waals surface area contributed by atoms with E-state index in [1.54, 1.807) is 0 Å². The summed E-state index contributed by atoms with van der Waals surface area (Å²) in [5, 5.41) is 2.61. The van der Waals surface area contributed by atoms with Crippen molar-refractivity contribution >= 4 is 17.7 Å². The fraction of sp³-hybridized carbons (Fsp3) is 0.842. The first-order chi connectivity index (χ1) is 11.3. The molecular formula is C19H29NO4. The number of carbonyl (C=O) groups excluding carboxylic acids is 3. The van der Waals surface area contributed by atoms with E-state index >= 15 is 0 Å². The Morgan fingerprint density at radius 2 is 1.54 bits per heavy atom. The minimum absolute atomic E-state index is 0.0731. The number of rotatable bonds is 6. The molecule has 0 aromatic carbocycles. The van der Waals surface area contributed by atoms with Crippen molar-refractivity contribution < 1.29 is 19.1 Å². The summed E-state index contributed by atoms with van der Waals surface area (Å²) >= 11 is 0. The second kappa shape index (κ2) is 6.49. The molecule has 1 amide bonds. The Morgan fingerprint density at radius 1 is 1.04 bits per heavy atom. The first kappa shape index (κ1) is 17.4. The van der Waals surface area contributed by atoms with Gasteiger partial charge in [0.25, 0.3) is 0 Å². The molecule has 4 fully saturated rings. The number of carbonyl (C=O) groups is 3. The van der Waals surface area contributed by atoms with Crippen LogP contribution in [0.1, 0.15) is 59.3 Å². The second-order valence-corrected chi connectivity index (χ2v) is 8.65. The van der Waals surface area contributed by atoms with Gasteiger partial charge in [-0.15, -0.1) is 0 Å². The monoisotopic (exact) mass is 335 g/mol. The van der Waals surface area contributed by atoms with Crippen LogP contribution in [0, 0.1) is 29.1 Å². The minimum Gasteiger partial charge on any atom is -0.456 e. The Balaban J connectivity index is 1.59. The average Bonchev–Trinajstić information content (AvgIpc) is 2.48. The first-order valence-electron chi connectivity index (χ1n) is 9.26. The van der Waals surface area contributed by atoms with Crippen LogP contribution in [0.2, 0.25) is 0 Å². The summed E-state index contributed by atoms with van der Waals surface area (Å²) in [7, 11) is 0. The number of esters is 1. The van der Waals surface area contributed by atoms with Gasteiger partial charge < -0.3 is 10.1 Å². The number of nitrogens with one attached hydrogen (secondary N) is 1. The van der Waals surface area contributed by atoms with Gasteiger partial charge in [-0.25, -0.2) is 4.79 Å². The first-order valence-corrected chi connectivity index (χ1v) is 9.26. The molecule has 4 saturated carbocycles. The van der Waals surface area contributed by atoms with E-state index in [1.807, 2.05) is 13.8 Å². The molecule has 4 aliphatic rings. The van der Waals surface area contributed by atoms with Crippen molar-refractivity contribution in [3.8, 4) is 0 Å². The molecule has 1 N–H and O–H groups in total. The van der Waals surface area contributed by atoms with E-state index in [4.69, 9.17) is 4.74 Å². The standard InChI is InChI=1S/C19H29NO4/c1-11(2)17(20-12(3)21)18(23)24-10-16(22)19-7-13-4-14(8-19)6-15(5-13)9-19/h11,13-15,17H,4-10H2,1-3H3,(H,20,21). The van der Waals surface area contributed by atoms with E-state index in [2.05, 4.69) is 5.32 Å². The molecule has 0 aromatic rings. The highest BCUT2D eigenvalue weighted by Crippen LogP contribution is 2.60. The van der Waals surface area contributed by atoms with Gasteiger partial charge in [-0.2, -0.15) is 0 Å². The normalized spacial score (nSPS) is 34.9. The number of amides is 1. The van der Waals surface area contributed by atoms with Crippen LogP contribution in [0.5, 0.6) is 0 Å². The Labute approximate surface area is 143 Å². The number of ether oxygens (including phenoxy) is 1. The van der Waals surface area contributed by atoms with Gasteiger partial charge in [0.05, 0.1) is 0 Å². The predicted molar refractivity (Wildman–Crippen MR) is 89.0 cm³/mol. The van der Waals surface area contributed by atoms with Gasteiger partial charge >= 0.3 is 5.97 Å². The third-order valence-corrected chi connectivity index (χ3v) is 6.25. The van der Waals surface area contributed by atoms with Crippen LogP contribution in [0.4, 0.5) is 0 Å². The van der Waals surface area contributed by atoms with Gasteiger partial charge in [0, 0.05) is 12.3 Å². The summed E-state index contributed by atoms with van der Waals surface area (Å²) in [5.74, 6) is 1.34. The molecule has 0 spiro atoms. The molecule has 1 atom stereocenters. The van der Waals surface area contributed by atoms with Crippen molar-refractivity contribution in [2.45, 2.75) is 65.3 Å². The van der Waals surface area contributed by atoms with Gasteiger partial charge in [0.15, 0.2) is 12.4 Å². The van der Waals surface area contributed by atoms with Crippen LogP contribution in [-0.2, 0) is 19.1 Å². The molecule has 1 unspecified atom stereocenters. The highest BCUT2D eigenvalue weighted by atomic mass is 16.5. The highest BCUT2D eigenvalue weighted by molar-refractivity contribution is 5.89. The smallest absolute Gasteiger partial charge is 0.329 e. The van der Waals surface area contributed by atoms with Gasteiger partial charge in [-0.3, -0.25) is 9.59 Å². The van der Waals surface area contributed by atoms with Crippen molar-refractivity contribution in [1.29, 1.82) is 0 Å². The maximum atomic E-state index is 12.9. The lowest BCUT2D eigenvalue weighted by molar-refractivity contribution is -0.160. The van der Waals surface area contributed by atoms with E-state index in [0.29, 0.717) is 17.8 Å². The number of hydrogen-bond acceptors (Lipinski definition) is 4. The van der Waals surface area contributed by atoms with Crippen molar-refractivity contribution in [3.63, 3.8) is 0 Å². The average molecular weight is 335 g/mol. The number of ketones is 1. The summed E-state index contributed by atoms with van der Waals surface area (Å²) in [6.45, 7) is 4.93. The maximum Gasteiger partial charge on any atom is 0.329 e. The molecule has 4 rings (SSSR count). The summed E-state index contributed by atoms with van der Waals surface area (Å²) in [4.78, 5) is 36.4. The Bertz CT molecular complexity index is 504. The fourth-order valence-electron chi connectivity index (χ4n) is 5.55. The van der Waals surface area contributed by atoms with Crippen molar-refractivity contribution in [1.82, 2.24) is 5.32 Å². The second-order valence-electron chi connectivity index (χ2n) is 8.65. The van der Waals surface area contributed by atoms with Crippen LogP contribution < -0.4 is 5.32 Å². The molecule has 0 aromatic heterocycles. The Kier molecular flexibility index (Phi) is 4.71. The molecular weight excluding hydrogens is 306 g/mol. The van der Waals surface area contributed by atoms with Crippen LogP contribution in [-0.4, -0.2) is 30.3 Å². The molecule has 4 bridgehead atoms. The Hall–Kier alpha value is -1.39. The summed E-state index contributed by atoms with van der Waals surface area (Å²) < 4.78 is 5.31. The lowest BCUT2D eigenvalue weighted by Crippen LogP contribution is -2.51. The SMILES string of the molecule is CC(=O)NC(C(=O)OCC(=O)C12CC3CC(CC(C3)C1)C2)C(C)C. The van der Waals surface area contributed by atoms with Gasteiger partial charge in [-0.1, -0.05) is 13.8 Å².